The number of carbonyl (C=O) groups excluding carboxylic acids is 4. The topological polar surface area (TPSA) is 269 Å². The number of likely N-dealkylation sites (tertiary alicyclic amines) is 1. The summed E-state index contributed by atoms with van der Waals surface area (Å²) in [6.07, 6.45) is 0.497. The van der Waals surface area contributed by atoms with Gasteiger partial charge in [0.15, 0.2) is 5.82 Å². The number of ether oxygens (including phenoxy) is 3. The number of aliphatic hydroxyl groups excluding tert-OH is 1. The van der Waals surface area contributed by atoms with Crippen LogP contribution >= 0.6 is 11.3 Å². The molecule has 0 unspecified atom stereocenters. The van der Waals surface area contributed by atoms with Crippen molar-refractivity contribution in [2.75, 3.05) is 35.6 Å². The number of β-amino-alcohol motifs (C(OH)–C–C–N with tert-alkyl or cyclic N) is 1. The first-order chi connectivity index (χ1) is 39.3. The third-order valence-corrected chi connectivity index (χ3v) is 17.8. The Hall–Kier alpha value is -7.56. The van der Waals surface area contributed by atoms with Gasteiger partial charge in [0.2, 0.25) is 27.7 Å². The van der Waals surface area contributed by atoms with Crippen molar-refractivity contribution in [2.24, 2.45) is 5.41 Å². The van der Waals surface area contributed by atoms with Gasteiger partial charge >= 0.3 is 5.97 Å². The number of anilines is 3. The fourth-order valence-corrected chi connectivity index (χ4v) is 11.2. The van der Waals surface area contributed by atoms with E-state index in [2.05, 4.69) is 56.4 Å². The number of nitriles is 1. The van der Waals surface area contributed by atoms with E-state index in [-0.39, 0.29) is 84.9 Å². The lowest BCUT2D eigenvalue weighted by Gasteiger charge is -2.35. The fourth-order valence-electron chi connectivity index (χ4n) is 8.96. The molecule has 5 N–H and O–H groups in total. The van der Waals surface area contributed by atoms with E-state index >= 15 is 0 Å². The molecular weight excluding hydrogens is 1120 g/mol. The number of amides is 3. The lowest BCUT2D eigenvalue weighted by atomic mass is 9.85. The van der Waals surface area contributed by atoms with Crippen LogP contribution in [-0.2, 0) is 47.2 Å². The molecule has 24 heteroatoms. The zero-order chi connectivity index (χ0) is 60.2. The van der Waals surface area contributed by atoms with Gasteiger partial charge in [0.25, 0.3) is 0 Å². The Morgan fingerprint density at radius 1 is 0.976 bits per heavy atom. The summed E-state index contributed by atoms with van der Waals surface area (Å²) in [5, 5.41) is 35.1. The minimum absolute atomic E-state index is 0.0132. The molecule has 4 heterocycles. The van der Waals surface area contributed by atoms with Crippen molar-refractivity contribution in [2.45, 2.75) is 130 Å². The number of unbranched alkanes of at least 4 members (excludes halogenated alkanes) is 1. The molecule has 20 nitrogen and oxygen atoms in total. The van der Waals surface area contributed by atoms with Crippen molar-refractivity contribution in [3.63, 3.8) is 0 Å². The number of nitrogens with one attached hydrogen (secondary N) is 4. The molecule has 3 aromatic carbocycles. The Balaban J connectivity index is 0.954. The molecule has 1 fully saturated rings. The van der Waals surface area contributed by atoms with Crippen LogP contribution < -0.4 is 25.4 Å². The van der Waals surface area contributed by atoms with Gasteiger partial charge in [0.1, 0.15) is 59.6 Å². The molecule has 1 aliphatic heterocycles. The highest BCUT2D eigenvalue weighted by atomic mass is 32.2. The number of pyridine rings is 1. The van der Waals surface area contributed by atoms with Gasteiger partial charge in [-0.2, -0.15) is 10.4 Å². The Kier molecular flexibility index (Phi) is 21.0. The Bertz CT molecular complexity index is 3400. The van der Waals surface area contributed by atoms with Crippen LogP contribution in [0.5, 0.6) is 5.75 Å². The maximum atomic E-state index is 14.1. The largest absolute Gasteiger partial charge is 0.484 e. The number of sulfonamides is 1. The second-order valence-electron chi connectivity index (χ2n) is 22.7. The van der Waals surface area contributed by atoms with Crippen LogP contribution in [0, 0.1) is 29.5 Å². The summed E-state index contributed by atoms with van der Waals surface area (Å²) in [7, 11) is -5.22. The van der Waals surface area contributed by atoms with Crippen LogP contribution in [0.4, 0.5) is 21.7 Å². The number of halogens is 1. The zero-order valence-electron chi connectivity index (χ0n) is 48.2. The SMILES string of the molecule is CCS(=O)(=O)Nc1ccc(-c2nn(COCC[Si](C)(C)C)c(Nc3ccc(C(=O)OCCCCC(=O)N[C@H](C(=O)N4C[C@H](O)C[C@H]4C(=O)NCc4ccc(-c5scnc5C)cc4)C(C)(C)C)cn3)c2C#N)cc1O[C@@H](C)c1ccc(F)cc1. The molecular formula is C59H73FN10O10S2Si. The summed E-state index contributed by atoms with van der Waals surface area (Å²) in [4.78, 5) is 65.4. The quantitative estimate of drug-likeness (QED) is 0.0192. The lowest BCUT2D eigenvalue weighted by Crippen LogP contribution is -2.57. The van der Waals surface area contributed by atoms with Crippen molar-refractivity contribution in [1.82, 2.24) is 35.3 Å². The van der Waals surface area contributed by atoms with Gasteiger partial charge in [-0.15, -0.1) is 11.3 Å². The summed E-state index contributed by atoms with van der Waals surface area (Å²) in [6.45, 7) is 17.9. The molecule has 3 aromatic heterocycles. The smallest absolute Gasteiger partial charge is 0.339 e. The number of aliphatic hydroxyl groups is 1. The number of benzene rings is 3. The minimum atomic E-state index is -3.75. The number of aromatic nitrogens is 4. The lowest BCUT2D eigenvalue weighted by molar-refractivity contribution is -0.144. The van der Waals surface area contributed by atoms with Gasteiger partial charge in [-0.1, -0.05) is 82.9 Å². The summed E-state index contributed by atoms with van der Waals surface area (Å²) >= 11 is 1.55. The van der Waals surface area contributed by atoms with Gasteiger partial charge in [-0.05, 0) is 98.2 Å². The van der Waals surface area contributed by atoms with Gasteiger partial charge < -0.3 is 40.2 Å². The molecule has 3 amide bonds. The molecule has 7 rings (SSSR count). The van der Waals surface area contributed by atoms with E-state index in [1.165, 1.54) is 53.0 Å². The molecule has 0 aliphatic carbocycles. The fraction of sp³-hybridized carbons (Fsp3) is 0.424. The second-order valence-corrected chi connectivity index (χ2v) is 31.1. The first-order valence-electron chi connectivity index (χ1n) is 27.4. The highest BCUT2D eigenvalue weighted by Crippen LogP contribution is 2.38. The maximum absolute atomic E-state index is 14.1. The molecule has 442 valence electrons. The molecule has 83 heavy (non-hydrogen) atoms. The van der Waals surface area contributed by atoms with E-state index in [4.69, 9.17) is 19.3 Å². The summed E-state index contributed by atoms with van der Waals surface area (Å²) in [5.74, 6) is -1.93. The highest BCUT2D eigenvalue weighted by molar-refractivity contribution is 7.92. The number of carbonyl (C=O) groups is 4. The van der Waals surface area contributed by atoms with E-state index in [0.717, 1.165) is 27.7 Å². The van der Waals surface area contributed by atoms with Gasteiger partial charge in [0, 0.05) is 52.4 Å². The first-order valence-corrected chi connectivity index (χ1v) is 33.7. The van der Waals surface area contributed by atoms with E-state index < -0.39 is 77.3 Å². The van der Waals surface area contributed by atoms with Crippen LogP contribution in [0.25, 0.3) is 21.7 Å². The predicted octanol–water partition coefficient (Wildman–Crippen LogP) is 9.48. The van der Waals surface area contributed by atoms with Crippen LogP contribution in [0.15, 0.2) is 90.6 Å². The van der Waals surface area contributed by atoms with Crippen molar-refractivity contribution in [3.05, 3.63) is 124 Å². The average Bonchev–Trinajstić information content (AvgIpc) is 3.51. The summed E-state index contributed by atoms with van der Waals surface area (Å²) in [6, 6.07) is 22.5. The minimum Gasteiger partial charge on any atom is -0.484 e. The van der Waals surface area contributed by atoms with Crippen LogP contribution in [0.3, 0.4) is 0 Å². The molecule has 0 saturated carbocycles. The first kappa shape index (κ1) is 63.0. The number of rotatable bonds is 26. The van der Waals surface area contributed by atoms with Crippen molar-refractivity contribution in [3.8, 4) is 33.5 Å². The van der Waals surface area contributed by atoms with E-state index in [0.29, 0.717) is 30.6 Å². The monoisotopic (exact) mass is 1190 g/mol. The van der Waals surface area contributed by atoms with Gasteiger partial charge in [-0.3, -0.25) is 19.1 Å². The molecule has 4 atom stereocenters. The number of thiazole rings is 1. The van der Waals surface area contributed by atoms with Crippen LogP contribution in [0.2, 0.25) is 25.7 Å². The standard InChI is InChI=1S/C59H73FN10O10S2Si/c1-10-82(76,77)68-47-24-20-42(29-49(47)80-38(3)40-18-22-44(60)23-19-40)52-46(31-61)55(70(67-52)36-78-27-28-83(7,8)9)65-50-25-21-43(33-62-50)58(75)79-26-12-11-13-51(72)66-54(59(4,5)6)57(74)69-34-45(71)30-48(69)56(73)63-32-39-14-16-41(17-15-39)53-37(2)64-35-81-53/h14-25,29,33,35,38,45,48,54,68,71H,10-13,26-28,30,32,34,36H2,1-9H3,(H,62,65)(H,63,73)(H,66,72)/t38-,45+,48-,54+/m0/s1. The molecule has 6 aromatic rings. The van der Waals surface area contributed by atoms with Gasteiger partial charge in [-0.25, -0.2) is 32.3 Å². The van der Waals surface area contributed by atoms with E-state index in [1.54, 1.807) is 48.0 Å². The number of aryl methyl sites for hydroxylation is 1. The second kappa shape index (κ2) is 27.7. The molecule has 0 spiro atoms. The third kappa shape index (κ3) is 17.3. The normalized spacial score (nSPS) is 15.2. The maximum Gasteiger partial charge on any atom is 0.339 e. The number of hydrogen-bond acceptors (Lipinski definition) is 16. The number of hydrogen-bond donors (Lipinski definition) is 5. The highest BCUT2D eigenvalue weighted by Gasteiger charge is 2.44. The number of nitrogens with zero attached hydrogens (tertiary/aromatic N) is 6. The van der Waals surface area contributed by atoms with Crippen molar-refractivity contribution in [1.29, 1.82) is 5.26 Å². The third-order valence-electron chi connectivity index (χ3n) is 13.8. The van der Waals surface area contributed by atoms with Crippen LogP contribution in [-0.4, -0.2) is 114 Å². The Morgan fingerprint density at radius 2 is 1.70 bits per heavy atom. The van der Waals surface area contributed by atoms with E-state index in [1.807, 2.05) is 52.0 Å². The van der Waals surface area contributed by atoms with Crippen molar-refractivity contribution >= 4 is 70.4 Å². The average molecular weight is 1190 g/mol. The predicted molar refractivity (Wildman–Crippen MR) is 318 cm³/mol. The Morgan fingerprint density at radius 3 is 2.34 bits per heavy atom. The van der Waals surface area contributed by atoms with Gasteiger partial charge in [0.05, 0.1) is 45.8 Å². The molecule has 1 saturated heterocycles. The molecule has 0 bridgehead atoms. The molecule has 0 radical (unpaired) electrons. The van der Waals surface area contributed by atoms with Crippen molar-refractivity contribution < 1.29 is 51.3 Å². The summed E-state index contributed by atoms with van der Waals surface area (Å²) < 4.78 is 61.3. The molecule has 1 aliphatic rings. The Labute approximate surface area is 489 Å². The summed E-state index contributed by atoms with van der Waals surface area (Å²) in [5.41, 5.74) is 5.55. The van der Waals surface area contributed by atoms with Crippen LogP contribution in [0.1, 0.15) is 99.1 Å². The zero-order valence-corrected chi connectivity index (χ0v) is 50.9. The van der Waals surface area contributed by atoms with E-state index in [9.17, 15) is 42.4 Å². The number of esters is 1.